The van der Waals surface area contributed by atoms with Crippen molar-refractivity contribution in [3.63, 3.8) is 0 Å². The number of hydrogen-bond donors (Lipinski definition) is 0. The predicted molar refractivity (Wildman–Crippen MR) is 127 cm³/mol. The Kier molecular flexibility index (Phi) is 6.33. The maximum atomic E-state index is 11.9. The van der Waals surface area contributed by atoms with Gasteiger partial charge in [0.1, 0.15) is 11.5 Å². The van der Waals surface area contributed by atoms with Crippen molar-refractivity contribution in [3.8, 4) is 11.5 Å². The topological polar surface area (TPSA) is 45.7 Å². The molecule has 5 rings (SSSR count). The van der Waals surface area contributed by atoms with Crippen LogP contribution in [0, 0.1) is 6.92 Å². The van der Waals surface area contributed by atoms with Gasteiger partial charge in [0.15, 0.2) is 0 Å². The van der Waals surface area contributed by atoms with Crippen LogP contribution < -0.4 is 9.64 Å². The van der Waals surface area contributed by atoms with Gasteiger partial charge in [0.2, 0.25) is 5.91 Å². The highest BCUT2D eigenvalue weighted by atomic mass is 35.5. The minimum absolute atomic E-state index is 0. The maximum Gasteiger partial charge on any atom is 0.222 e. The van der Waals surface area contributed by atoms with Crippen LogP contribution in [-0.2, 0) is 11.2 Å². The van der Waals surface area contributed by atoms with Crippen LogP contribution in [0.1, 0.15) is 30.5 Å². The number of hydrogen-bond acceptors (Lipinski definition) is 4. The number of rotatable bonds is 6. The molecule has 0 aliphatic carbocycles. The first-order valence-electron chi connectivity index (χ1n) is 10.9. The third kappa shape index (κ3) is 4.33. The van der Waals surface area contributed by atoms with Gasteiger partial charge in [-0.25, -0.2) is 0 Å². The maximum absolute atomic E-state index is 11.9. The van der Waals surface area contributed by atoms with Crippen LogP contribution in [0.15, 0.2) is 48.5 Å². The molecule has 1 saturated heterocycles. The van der Waals surface area contributed by atoms with E-state index in [1.807, 2.05) is 41.3 Å². The Morgan fingerprint density at radius 3 is 2.55 bits per heavy atom. The van der Waals surface area contributed by atoms with Crippen LogP contribution in [-0.4, -0.2) is 42.0 Å². The van der Waals surface area contributed by atoms with E-state index < -0.39 is 0 Å². The Morgan fingerprint density at radius 2 is 1.77 bits per heavy atom. The number of carbonyl (C=O) groups is 1. The molecule has 0 unspecified atom stereocenters. The number of anilines is 1. The van der Waals surface area contributed by atoms with E-state index in [4.69, 9.17) is 9.72 Å². The lowest BCUT2D eigenvalue weighted by molar-refractivity contribution is -0.127. The predicted octanol–water partition coefficient (Wildman–Crippen LogP) is 5.13. The van der Waals surface area contributed by atoms with E-state index >= 15 is 0 Å². The van der Waals surface area contributed by atoms with Gasteiger partial charge in [-0.15, -0.1) is 12.4 Å². The van der Waals surface area contributed by atoms with Crippen molar-refractivity contribution in [3.05, 3.63) is 59.8 Å². The Morgan fingerprint density at radius 1 is 0.968 bits per heavy atom. The Balaban J connectivity index is 0.00000231. The van der Waals surface area contributed by atoms with Gasteiger partial charge in [0.05, 0.1) is 11.2 Å². The Hall–Kier alpha value is -2.79. The van der Waals surface area contributed by atoms with Crippen LogP contribution >= 0.6 is 12.4 Å². The molecule has 0 saturated carbocycles. The highest BCUT2D eigenvalue weighted by Gasteiger charge is 2.25. The minimum atomic E-state index is 0. The summed E-state index contributed by atoms with van der Waals surface area (Å²) in [5.41, 5.74) is 4.76. The van der Waals surface area contributed by atoms with Crippen LogP contribution in [0.4, 0.5) is 5.69 Å². The third-order valence-corrected chi connectivity index (χ3v) is 6.19. The van der Waals surface area contributed by atoms with E-state index in [1.165, 1.54) is 11.3 Å². The van der Waals surface area contributed by atoms with Crippen LogP contribution in [0.25, 0.3) is 10.9 Å². The number of halogens is 1. The molecule has 0 radical (unpaired) electrons. The number of para-hydroxylation sites is 1. The fraction of sp³-hybridized carbons (Fsp3) is 0.360. The second-order valence-corrected chi connectivity index (χ2v) is 8.19. The molecule has 31 heavy (non-hydrogen) atoms. The first-order chi connectivity index (χ1) is 14.7. The average molecular weight is 438 g/mol. The first kappa shape index (κ1) is 21.4. The summed E-state index contributed by atoms with van der Waals surface area (Å²) in [6, 6.07) is 16.0. The SMILES string of the molecule is Cc1nc2ccc(Oc3ccccc3)cc2c2c1CCN2CCCN1CCCC1=O.Cl. The lowest BCUT2D eigenvalue weighted by Gasteiger charge is -2.23. The van der Waals surface area contributed by atoms with E-state index in [-0.39, 0.29) is 12.4 Å². The highest BCUT2D eigenvalue weighted by molar-refractivity contribution is 5.96. The number of amides is 1. The summed E-state index contributed by atoms with van der Waals surface area (Å²) in [5, 5.41) is 1.15. The summed E-state index contributed by atoms with van der Waals surface area (Å²) in [6.07, 6.45) is 3.74. The molecule has 1 amide bonds. The molecule has 2 aliphatic heterocycles. The minimum Gasteiger partial charge on any atom is -0.457 e. The Bertz CT molecular complexity index is 1090. The molecule has 0 atom stereocenters. The molecular formula is C25H28ClN3O2. The van der Waals surface area contributed by atoms with Crippen molar-refractivity contribution in [1.29, 1.82) is 0 Å². The van der Waals surface area contributed by atoms with Crippen molar-refractivity contribution in [2.75, 3.05) is 31.1 Å². The van der Waals surface area contributed by atoms with E-state index in [2.05, 4.69) is 24.0 Å². The van der Waals surface area contributed by atoms with Gasteiger partial charge in [-0.2, -0.15) is 0 Å². The van der Waals surface area contributed by atoms with Crippen LogP contribution in [0.3, 0.4) is 0 Å². The number of nitrogens with zero attached hydrogens (tertiary/aromatic N) is 3. The average Bonchev–Trinajstić information content (AvgIpc) is 3.36. The zero-order chi connectivity index (χ0) is 20.5. The van der Waals surface area contributed by atoms with Gasteiger partial charge in [0.25, 0.3) is 0 Å². The largest absolute Gasteiger partial charge is 0.457 e. The molecule has 0 N–H and O–H groups in total. The molecule has 3 aromatic rings. The summed E-state index contributed by atoms with van der Waals surface area (Å²) in [7, 11) is 0. The molecule has 2 aliphatic rings. The van der Waals surface area contributed by atoms with Gasteiger partial charge < -0.3 is 14.5 Å². The number of pyridine rings is 1. The van der Waals surface area contributed by atoms with E-state index in [0.717, 1.165) is 73.5 Å². The lowest BCUT2D eigenvalue weighted by Crippen LogP contribution is -2.30. The summed E-state index contributed by atoms with van der Waals surface area (Å²) in [5.74, 6) is 1.97. The molecular weight excluding hydrogens is 410 g/mol. The van der Waals surface area contributed by atoms with Crippen molar-refractivity contribution >= 4 is 34.9 Å². The number of fused-ring (bicyclic) bond motifs is 3. The van der Waals surface area contributed by atoms with E-state index in [9.17, 15) is 4.79 Å². The molecule has 0 bridgehead atoms. The monoisotopic (exact) mass is 437 g/mol. The van der Waals surface area contributed by atoms with E-state index in [0.29, 0.717) is 12.3 Å². The number of ether oxygens (including phenoxy) is 1. The smallest absolute Gasteiger partial charge is 0.222 e. The highest BCUT2D eigenvalue weighted by Crippen LogP contribution is 2.38. The zero-order valence-corrected chi connectivity index (χ0v) is 18.7. The number of likely N-dealkylation sites (tertiary alicyclic amines) is 1. The second kappa shape index (κ2) is 9.15. The molecule has 162 valence electrons. The van der Waals surface area contributed by atoms with Crippen LogP contribution in [0.2, 0.25) is 0 Å². The molecule has 1 aromatic heterocycles. The summed E-state index contributed by atoms with van der Waals surface area (Å²) in [6.45, 7) is 5.85. The summed E-state index contributed by atoms with van der Waals surface area (Å²) < 4.78 is 6.08. The fourth-order valence-electron chi connectivity index (χ4n) is 4.71. The van der Waals surface area contributed by atoms with Gasteiger partial charge in [-0.05, 0) is 62.1 Å². The number of benzene rings is 2. The summed E-state index contributed by atoms with van der Waals surface area (Å²) >= 11 is 0. The van der Waals surface area contributed by atoms with Crippen molar-refractivity contribution in [2.45, 2.75) is 32.6 Å². The number of carbonyl (C=O) groups excluding carboxylic acids is 1. The molecule has 1 fully saturated rings. The van der Waals surface area contributed by atoms with Crippen molar-refractivity contribution in [1.82, 2.24) is 9.88 Å². The normalized spacial score (nSPS) is 15.3. The Labute approximate surface area is 189 Å². The standard InChI is InChI=1S/C25H27N3O2.ClH/c1-18-21-12-16-28(15-6-14-27-13-5-9-24(27)29)25(21)22-17-20(10-11-23(22)26-18)30-19-7-3-2-4-8-19;/h2-4,7-8,10-11,17H,5-6,9,12-16H2,1H3;1H. The zero-order valence-electron chi connectivity index (χ0n) is 17.8. The lowest BCUT2D eigenvalue weighted by atomic mass is 10.1. The first-order valence-corrected chi connectivity index (χ1v) is 10.9. The molecule has 6 heteroatoms. The van der Waals surface area contributed by atoms with Gasteiger partial charge in [-0.3, -0.25) is 9.78 Å². The molecule has 3 heterocycles. The molecule has 5 nitrogen and oxygen atoms in total. The second-order valence-electron chi connectivity index (χ2n) is 8.19. The molecule has 0 spiro atoms. The van der Waals surface area contributed by atoms with E-state index in [1.54, 1.807) is 0 Å². The van der Waals surface area contributed by atoms with Crippen molar-refractivity contribution in [2.24, 2.45) is 0 Å². The van der Waals surface area contributed by atoms with Gasteiger partial charge in [0, 0.05) is 43.7 Å². The fourth-order valence-corrected chi connectivity index (χ4v) is 4.71. The van der Waals surface area contributed by atoms with Crippen LogP contribution in [0.5, 0.6) is 11.5 Å². The molecule has 2 aromatic carbocycles. The number of aromatic nitrogens is 1. The third-order valence-electron chi connectivity index (χ3n) is 6.19. The number of aryl methyl sites for hydroxylation is 1. The van der Waals surface area contributed by atoms with Crippen molar-refractivity contribution < 1.29 is 9.53 Å². The van der Waals surface area contributed by atoms with Gasteiger partial charge >= 0.3 is 0 Å². The quantitative estimate of drug-likeness (QED) is 0.536. The summed E-state index contributed by atoms with van der Waals surface area (Å²) in [4.78, 5) is 21.2. The van der Waals surface area contributed by atoms with Gasteiger partial charge in [-0.1, -0.05) is 18.2 Å².